The summed E-state index contributed by atoms with van der Waals surface area (Å²) in [5.74, 6) is 1.65. The Labute approximate surface area is 151 Å². The molecule has 2 fully saturated rings. The van der Waals surface area contributed by atoms with Crippen LogP contribution in [0.5, 0.6) is 5.75 Å². The van der Waals surface area contributed by atoms with Crippen molar-refractivity contribution in [3.05, 3.63) is 27.4 Å². The van der Waals surface area contributed by atoms with Crippen molar-refractivity contribution in [1.82, 2.24) is 10.3 Å². The number of fused-ring (bicyclic) bond motifs is 1. The number of aliphatic hydroxyl groups excluding tert-OH is 1. The summed E-state index contributed by atoms with van der Waals surface area (Å²) in [5.41, 5.74) is 1.13. The second-order valence-corrected chi connectivity index (χ2v) is 8.55. The van der Waals surface area contributed by atoms with Crippen LogP contribution in [-0.4, -0.2) is 27.8 Å². The fourth-order valence-corrected chi connectivity index (χ4v) is 5.78. The van der Waals surface area contributed by atoms with Gasteiger partial charge in [0.1, 0.15) is 11.3 Å². The quantitative estimate of drug-likeness (QED) is 0.658. The summed E-state index contributed by atoms with van der Waals surface area (Å²) in [4.78, 5) is 14.1. The summed E-state index contributed by atoms with van der Waals surface area (Å²) in [6.45, 7) is 0.486. The normalized spacial score (nSPS) is 25.8. The summed E-state index contributed by atoms with van der Waals surface area (Å²) >= 11 is 1.04. The first-order valence-corrected chi connectivity index (χ1v) is 10.2. The van der Waals surface area contributed by atoms with Gasteiger partial charge in [0.2, 0.25) is 0 Å². The van der Waals surface area contributed by atoms with Crippen LogP contribution < -0.4 is 10.2 Å². The lowest BCUT2D eigenvalue weighted by molar-refractivity contribution is 0.162. The second-order valence-electron chi connectivity index (χ2n) is 7.56. The van der Waals surface area contributed by atoms with Crippen LogP contribution in [0.25, 0.3) is 10.2 Å². The lowest BCUT2D eigenvalue weighted by Gasteiger charge is -2.27. The molecule has 5 nitrogen and oxygen atoms in total. The second kappa shape index (κ2) is 7.09. The number of thiazole rings is 1. The number of hydrogen-bond acceptors (Lipinski definition) is 5. The van der Waals surface area contributed by atoms with E-state index in [1.165, 1.54) is 44.9 Å². The molecule has 2 saturated carbocycles. The summed E-state index contributed by atoms with van der Waals surface area (Å²) in [6, 6.07) is 3.76. The molecule has 4 N–H and O–H groups in total. The minimum Gasteiger partial charge on any atom is -0.506 e. The van der Waals surface area contributed by atoms with E-state index in [0.29, 0.717) is 28.4 Å². The molecule has 1 aromatic carbocycles. The molecular weight excluding hydrogens is 336 g/mol. The van der Waals surface area contributed by atoms with E-state index < -0.39 is 6.10 Å². The maximum Gasteiger partial charge on any atom is 0.305 e. The van der Waals surface area contributed by atoms with Gasteiger partial charge in [-0.15, -0.1) is 0 Å². The van der Waals surface area contributed by atoms with Crippen LogP contribution in [0.2, 0.25) is 0 Å². The van der Waals surface area contributed by atoms with E-state index in [0.717, 1.165) is 23.2 Å². The molecule has 2 aromatic rings. The Morgan fingerprint density at radius 3 is 2.80 bits per heavy atom. The maximum absolute atomic E-state index is 11.6. The summed E-state index contributed by atoms with van der Waals surface area (Å²) in [6.07, 6.45) is 8.56. The molecule has 0 spiro atoms. The largest absolute Gasteiger partial charge is 0.506 e. The molecule has 2 aliphatic carbocycles. The third-order valence-electron chi connectivity index (χ3n) is 6.10. The molecule has 1 heterocycles. The van der Waals surface area contributed by atoms with Gasteiger partial charge in [-0.25, -0.2) is 0 Å². The van der Waals surface area contributed by atoms with E-state index in [2.05, 4.69) is 10.3 Å². The number of phenolic OH excluding ortho intramolecular Hbond substituents is 1. The zero-order valence-corrected chi connectivity index (χ0v) is 15.1. The number of aromatic hydroxyl groups is 1. The van der Waals surface area contributed by atoms with Gasteiger partial charge in [0.05, 0.1) is 10.8 Å². The van der Waals surface area contributed by atoms with E-state index in [1.807, 2.05) is 0 Å². The van der Waals surface area contributed by atoms with Crippen molar-refractivity contribution in [2.45, 2.75) is 57.1 Å². The van der Waals surface area contributed by atoms with E-state index in [-0.39, 0.29) is 10.6 Å². The average Bonchev–Trinajstić information content (AvgIpc) is 3.32. The fraction of sp³-hybridized carbons (Fsp3) is 0.632. The van der Waals surface area contributed by atoms with Crippen molar-refractivity contribution in [2.24, 2.45) is 11.8 Å². The van der Waals surface area contributed by atoms with Crippen molar-refractivity contribution < 1.29 is 10.2 Å². The zero-order chi connectivity index (χ0) is 17.4. The van der Waals surface area contributed by atoms with Crippen molar-refractivity contribution in [3.8, 4) is 5.75 Å². The molecular formula is C19H26N2O3S. The molecule has 0 saturated heterocycles. The van der Waals surface area contributed by atoms with Gasteiger partial charge in [-0.1, -0.05) is 49.5 Å². The molecule has 25 heavy (non-hydrogen) atoms. The Kier molecular flexibility index (Phi) is 4.84. The van der Waals surface area contributed by atoms with Crippen LogP contribution in [0.3, 0.4) is 0 Å². The molecule has 1 aromatic heterocycles. The highest BCUT2D eigenvalue weighted by Gasteiger charge is 2.35. The van der Waals surface area contributed by atoms with Gasteiger partial charge in [-0.05, 0) is 30.7 Å². The lowest BCUT2D eigenvalue weighted by atomic mass is 9.86. The Morgan fingerprint density at radius 2 is 2.00 bits per heavy atom. The standard InChI is InChI=1S/C19H26N2O3S/c22-15-9-8-13(18-17(15)21-19(24)25-18)16(23)10-20-14-7-3-6-12(14)11-4-1-2-5-11/h8-9,11-12,14,16,20,22-23H,1-7,10H2,(H,21,24)/t12-,14+,16-/m0/s1. The van der Waals surface area contributed by atoms with E-state index in [1.54, 1.807) is 12.1 Å². The number of nitrogens with one attached hydrogen (secondary N) is 2. The van der Waals surface area contributed by atoms with Crippen molar-refractivity contribution >= 4 is 21.6 Å². The smallest absolute Gasteiger partial charge is 0.305 e. The Balaban J connectivity index is 1.46. The van der Waals surface area contributed by atoms with Gasteiger partial charge in [-0.3, -0.25) is 4.79 Å². The summed E-state index contributed by atoms with van der Waals surface area (Å²) in [5, 5.41) is 24.2. The van der Waals surface area contributed by atoms with Crippen LogP contribution in [-0.2, 0) is 0 Å². The number of aliphatic hydroxyl groups is 1. The predicted octanol–water partition coefficient (Wildman–Crippen LogP) is 3.28. The number of aromatic nitrogens is 1. The van der Waals surface area contributed by atoms with E-state index in [4.69, 9.17) is 0 Å². The van der Waals surface area contributed by atoms with Crippen LogP contribution >= 0.6 is 11.3 Å². The van der Waals surface area contributed by atoms with Crippen molar-refractivity contribution in [2.75, 3.05) is 6.54 Å². The number of H-pyrrole nitrogens is 1. The Morgan fingerprint density at radius 1 is 1.20 bits per heavy atom. The van der Waals surface area contributed by atoms with Crippen molar-refractivity contribution in [3.63, 3.8) is 0 Å². The van der Waals surface area contributed by atoms with Gasteiger partial charge in [0.25, 0.3) is 0 Å². The van der Waals surface area contributed by atoms with E-state index >= 15 is 0 Å². The van der Waals surface area contributed by atoms with Gasteiger partial charge in [0.15, 0.2) is 0 Å². The average molecular weight is 362 g/mol. The molecule has 3 atom stereocenters. The molecule has 0 radical (unpaired) electrons. The molecule has 136 valence electrons. The minimum atomic E-state index is -0.681. The fourth-order valence-electron chi connectivity index (χ4n) is 4.87. The number of benzene rings is 1. The summed E-state index contributed by atoms with van der Waals surface area (Å²) in [7, 11) is 0. The molecule has 2 aliphatic rings. The van der Waals surface area contributed by atoms with Crippen LogP contribution in [0.15, 0.2) is 16.9 Å². The highest BCUT2D eigenvalue weighted by molar-refractivity contribution is 7.16. The Bertz CT molecular complexity index is 794. The number of hydrogen-bond donors (Lipinski definition) is 4. The highest BCUT2D eigenvalue weighted by atomic mass is 32.1. The third kappa shape index (κ3) is 3.35. The molecule has 6 heteroatoms. The maximum atomic E-state index is 11.6. The summed E-state index contributed by atoms with van der Waals surface area (Å²) < 4.78 is 0.651. The first-order chi connectivity index (χ1) is 12.1. The number of phenols is 1. The monoisotopic (exact) mass is 362 g/mol. The van der Waals surface area contributed by atoms with Gasteiger partial charge in [0, 0.05) is 18.2 Å². The SMILES string of the molecule is O=c1[nH]c2c(O)ccc([C@@H](O)CN[C@@H]3CCC[C@H]3C3CCCC3)c2s1. The van der Waals surface area contributed by atoms with Gasteiger partial charge >= 0.3 is 4.87 Å². The lowest BCUT2D eigenvalue weighted by Crippen LogP contribution is -2.37. The molecule has 0 amide bonds. The molecule has 4 rings (SSSR count). The molecule has 0 bridgehead atoms. The minimum absolute atomic E-state index is 0.0503. The van der Waals surface area contributed by atoms with Gasteiger partial charge < -0.3 is 20.5 Å². The molecule has 0 aliphatic heterocycles. The first kappa shape index (κ1) is 17.1. The zero-order valence-electron chi connectivity index (χ0n) is 14.3. The first-order valence-electron chi connectivity index (χ1n) is 9.39. The third-order valence-corrected chi connectivity index (χ3v) is 7.03. The van der Waals surface area contributed by atoms with Gasteiger partial charge in [-0.2, -0.15) is 0 Å². The Hall–Kier alpha value is -1.37. The number of rotatable bonds is 5. The van der Waals surface area contributed by atoms with Crippen LogP contribution in [0, 0.1) is 11.8 Å². The van der Waals surface area contributed by atoms with Crippen molar-refractivity contribution in [1.29, 1.82) is 0 Å². The predicted molar refractivity (Wildman–Crippen MR) is 100 cm³/mol. The number of aromatic amines is 1. The highest BCUT2D eigenvalue weighted by Crippen LogP contribution is 2.40. The molecule has 0 unspecified atom stereocenters. The topological polar surface area (TPSA) is 85.4 Å². The van der Waals surface area contributed by atoms with Crippen LogP contribution in [0.4, 0.5) is 0 Å². The van der Waals surface area contributed by atoms with E-state index in [9.17, 15) is 15.0 Å². The van der Waals surface area contributed by atoms with Crippen LogP contribution in [0.1, 0.15) is 56.6 Å².